The van der Waals surface area contributed by atoms with Crippen LogP contribution in [0.15, 0.2) is 12.1 Å². The molecule has 2 amide bonds. The van der Waals surface area contributed by atoms with Crippen LogP contribution in [0.4, 0.5) is 0 Å². The summed E-state index contributed by atoms with van der Waals surface area (Å²) in [6, 6.07) is 4.00. The molecule has 2 heterocycles. The van der Waals surface area contributed by atoms with Crippen LogP contribution in [-0.2, 0) is 16.0 Å². The van der Waals surface area contributed by atoms with Gasteiger partial charge in [0.05, 0.1) is 19.6 Å². The van der Waals surface area contributed by atoms with Gasteiger partial charge in [-0.2, -0.15) is 0 Å². The first-order valence-electron chi connectivity index (χ1n) is 8.47. The highest BCUT2D eigenvalue weighted by Gasteiger charge is 2.47. The van der Waals surface area contributed by atoms with Gasteiger partial charge in [0.15, 0.2) is 11.5 Å². The second-order valence-electron chi connectivity index (χ2n) is 6.95. The van der Waals surface area contributed by atoms with E-state index < -0.39 is 17.2 Å². The SMILES string of the molecule is COc1cc2c(cc1OC)[C@@H]1C[C@@](CC(N)=O)(C(N)=O)CCN1CC2. The van der Waals surface area contributed by atoms with Crippen molar-refractivity contribution in [1.29, 1.82) is 0 Å². The summed E-state index contributed by atoms with van der Waals surface area (Å²) in [4.78, 5) is 26.0. The van der Waals surface area contributed by atoms with Crippen LogP contribution in [0.1, 0.15) is 36.4 Å². The highest BCUT2D eigenvalue weighted by atomic mass is 16.5. The van der Waals surface area contributed by atoms with Gasteiger partial charge in [-0.05, 0) is 49.1 Å². The summed E-state index contributed by atoms with van der Waals surface area (Å²) in [7, 11) is 3.22. The third kappa shape index (κ3) is 3.04. The first kappa shape index (κ1) is 17.5. The summed E-state index contributed by atoms with van der Waals surface area (Å²) in [5.74, 6) is 0.422. The molecule has 7 heteroatoms. The quantitative estimate of drug-likeness (QED) is 0.817. The van der Waals surface area contributed by atoms with Gasteiger partial charge < -0.3 is 20.9 Å². The lowest BCUT2D eigenvalue weighted by Crippen LogP contribution is -2.51. The number of nitrogens with zero attached hydrogens (tertiary/aromatic N) is 1. The van der Waals surface area contributed by atoms with Crippen molar-refractivity contribution in [3.05, 3.63) is 23.3 Å². The second-order valence-corrected chi connectivity index (χ2v) is 6.95. The van der Waals surface area contributed by atoms with Gasteiger partial charge in [-0.15, -0.1) is 0 Å². The number of benzene rings is 1. The predicted molar refractivity (Wildman–Crippen MR) is 92.2 cm³/mol. The fourth-order valence-electron chi connectivity index (χ4n) is 4.22. The van der Waals surface area contributed by atoms with E-state index in [1.165, 1.54) is 5.56 Å². The molecule has 2 atom stereocenters. The van der Waals surface area contributed by atoms with Crippen LogP contribution >= 0.6 is 0 Å². The molecule has 0 saturated carbocycles. The van der Waals surface area contributed by atoms with Crippen molar-refractivity contribution in [3.63, 3.8) is 0 Å². The third-order valence-electron chi connectivity index (χ3n) is 5.61. The van der Waals surface area contributed by atoms with E-state index >= 15 is 0 Å². The minimum Gasteiger partial charge on any atom is -0.493 e. The first-order chi connectivity index (χ1) is 11.9. The molecular formula is C18H25N3O4. The lowest BCUT2D eigenvalue weighted by Gasteiger charge is -2.47. The molecule has 0 unspecified atom stereocenters. The molecule has 1 aromatic carbocycles. The lowest BCUT2D eigenvalue weighted by atomic mass is 9.69. The van der Waals surface area contributed by atoms with Crippen LogP contribution in [0.25, 0.3) is 0 Å². The van der Waals surface area contributed by atoms with E-state index in [2.05, 4.69) is 4.90 Å². The van der Waals surface area contributed by atoms with Crippen LogP contribution in [-0.4, -0.2) is 44.0 Å². The average Bonchev–Trinajstić information content (AvgIpc) is 2.59. The maximum Gasteiger partial charge on any atom is 0.224 e. The standard InChI is InChI=1S/C18H25N3O4/c1-24-14-7-11-3-5-21-6-4-18(17(20)23,10-16(19)22)9-13(21)12(11)8-15(14)25-2/h7-8,13H,3-6,9-10H2,1-2H3,(H2,19,22)(H2,20,23)/t13-,18-/m0/s1. The molecule has 136 valence electrons. The van der Waals surface area contributed by atoms with Gasteiger partial charge in [0.1, 0.15) is 0 Å². The zero-order chi connectivity index (χ0) is 18.2. The second kappa shape index (κ2) is 6.55. The number of piperidine rings is 1. The Hall–Kier alpha value is -2.28. The Morgan fingerprint density at radius 3 is 2.48 bits per heavy atom. The number of amides is 2. The van der Waals surface area contributed by atoms with Gasteiger partial charge in [-0.1, -0.05) is 0 Å². The average molecular weight is 347 g/mol. The highest BCUT2D eigenvalue weighted by molar-refractivity contribution is 5.87. The number of primary amides is 2. The van der Waals surface area contributed by atoms with Crippen molar-refractivity contribution >= 4 is 11.8 Å². The van der Waals surface area contributed by atoms with E-state index in [1.807, 2.05) is 12.1 Å². The molecule has 0 radical (unpaired) electrons. The molecule has 4 N–H and O–H groups in total. The largest absolute Gasteiger partial charge is 0.493 e. The Balaban J connectivity index is 2.01. The van der Waals surface area contributed by atoms with E-state index in [9.17, 15) is 9.59 Å². The molecule has 0 aliphatic carbocycles. The topological polar surface area (TPSA) is 108 Å². The lowest BCUT2D eigenvalue weighted by molar-refractivity contribution is -0.137. The number of ether oxygens (including phenoxy) is 2. The van der Waals surface area contributed by atoms with Gasteiger partial charge in [-0.25, -0.2) is 0 Å². The molecular weight excluding hydrogens is 322 g/mol. The number of fused-ring (bicyclic) bond motifs is 3. The van der Waals surface area contributed by atoms with E-state index in [0.717, 1.165) is 18.5 Å². The Morgan fingerprint density at radius 1 is 1.20 bits per heavy atom. The minimum atomic E-state index is -0.880. The van der Waals surface area contributed by atoms with Crippen molar-refractivity contribution in [3.8, 4) is 11.5 Å². The molecule has 25 heavy (non-hydrogen) atoms. The van der Waals surface area contributed by atoms with Crippen molar-refractivity contribution in [1.82, 2.24) is 4.90 Å². The fraction of sp³-hybridized carbons (Fsp3) is 0.556. The van der Waals surface area contributed by atoms with Crippen LogP contribution in [0.3, 0.4) is 0 Å². The number of nitrogens with two attached hydrogens (primary N) is 2. The number of methoxy groups -OCH3 is 2. The van der Waals surface area contributed by atoms with Gasteiger partial charge >= 0.3 is 0 Å². The number of carbonyl (C=O) groups excluding carboxylic acids is 2. The molecule has 2 aliphatic heterocycles. The Kier molecular flexibility index (Phi) is 4.60. The Morgan fingerprint density at radius 2 is 1.88 bits per heavy atom. The van der Waals surface area contributed by atoms with Gasteiger partial charge in [0, 0.05) is 19.0 Å². The first-order valence-corrected chi connectivity index (χ1v) is 8.47. The summed E-state index contributed by atoms with van der Waals surface area (Å²) >= 11 is 0. The molecule has 1 saturated heterocycles. The smallest absolute Gasteiger partial charge is 0.224 e. The number of carbonyl (C=O) groups is 2. The Labute approximate surface area is 147 Å². The number of hydrogen-bond acceptors (Lipinski definition) is 5. The van der Waals surface area contributed by atoms with Gasteiger partial charge in [-0.3, -0.25) is 14.5 Å². The summed E-state index contributed by atoms with van der Waals surface area (Å²) in [6.07, 6.45) is 1.96. The maximum absolute atomic E-state index is 12.2. The predicted octanol–water partition coefficient (Wildman–Crippen LogP) is 0.744. The van der Waals surface area contributed by atoms with Crippen LogP contribution in [0, 0.1) is 5.41 Å². The molecule has 0 bridgehead atoms. The summed E-state index contributed by atoms with van der Waals surface area (Å²) in [5, 5.41) is 0. The van der Waals surface area contributed by atoms with E-state index in [1.54, 1.807) is 14.2 Å². The molecule has 1 aromatic rings. The Bertz CT molecular complexity index is 706. The highest BCUT2D eigenvalue weighted by Crippen LogP contribution is 2.48. The zero-order valence-corrected chi connectivity index (χ0v) is 14.7. The third-order valence-corrected chi connectivity index (χ3v) is 5.61. The molecule has 7 nitrogen and oxygen atoms in total. The molecule has 1 fully saturated rings. The van der Waals surface area contributed by atoms with Crippen LogP contribution < -0.4 is 20.9 Å². The summed E-state index contributed by atoms with van der Waals surface area (Å²) in [6.45, 7) is 1.62. The summed E-state index contributed by atoms with van der Waals surface area (Å²) < 4.78 is 10.8. The van der Waals surface area contributed by atoms with Gasteiger partial charge in [0.25, 0.3) is 0 Å². The number of rotatable bonds is 5. The van der Waals surface area contributed by atoms with Crippen LogP contribution in [0.2, 0.25) is 0 Å². The summed E-state index contributed by atoms with van der Waals surface area (Å²) in [5.41, 5.74) is 12.5. The number of hydrogen-bond donors (Lipinski definition) is 2. The normalized spacial score (nSPS) is 25.6. The van der Waals surface area contributed by atoms with E-state index in [-0.39, 0.29) is 12.5 Å². The van der Waals surface area contributed by atoms with E-state index in [4.69, 9.17) is 20.9 Å². The molecule has 3 rings (SSSR count). The molecule has 0 aromatic heterocycles. The van der Waals surface area contributed by atoms with Crippen molar-refractivity contribution in [2.75, 3.05) is 27.3 Å². The molecule has 0 spiro atoms. The van der Waals surface area contributed by atoms with E-state index in [0.29, 0.717) is 30.9 Å². The monoisotopic (exact) mass is 347 g/mol. The van der Waals surface area contributed by atoms with Crippen molar-refractivity contribution in [2.45, 2.75) is 31.7 Å². The fourth-order valence-corrected chi connectivity index (χ4v) is 4.22. The maximum atomic E-state index is 12.2. The van der Waals surface area contributed by atoms with Crippen molar-refractivity contribution in [2.24, 2.45) is 16.9 Å². The zero-order valence-electron chi connectivity index (χ0n) is 14.7. The minimum absolute atomic E-state index is 0.00467. The van der Waals surface area contributed by atoms with Crippen LogP contribution in [0.5, 0.6) is 11.5 Å². The van der Waals surface area contributed by atoms with Gasteiger partial charge in [0.2, 0.25) is 11.8 Å². The molecule has 2 aliphatic rings. The van der Waals surface area contributed by atoms with Crippen molar-refractivity contribution < 1.29 is 19.1 Å².